The van der Waals surface area contributed by atoms with Crippen LogP contribution in [0.3, 0.4) is 0 Å². The number of ether oxygens (including phenoxy) is 1. The number of benzene rings is 1. The van der Waals surface area contributed by atoms with Crippen molar-refractivity contribution in [3.05, 3.63) is 23.8 Å². The summed E-state index contributed by atoms with van der Waals surface area (Å²) in [6, 6.07) is 5.20. The molecule has 1 aromatic carbocycles. The molecule has 25 heavy (non-hydrogen) atoms. The minimum atomic E-state index is -0.519. The minimum absolute atomic E-state index is 0.0326. The number of nitrogen functional groups attached to an aromatic ring is 1. The molecule has 7 heteroatoms. The first-order valence-electron chi connectivity index (χ1n) is 8.57. The van der Waals surface area contributed by atoms with Gasteiger partial charge in [0.1, 0.15) is 5.60 Å². The number of nitrogens with two attached hydrogens (primary N) is 1. The molecule has 0 aromatic heterocycles. The maximum atomic E-state index is 12.3. The van der Waals surface area contributed by atoms with E-state index in [9.17, 15) is 9.59 Å². The van der Waals surface area contributed by atoms with Crippen LogP contribution in [0.4, 0.5) is 16.2 Å². The fourth-order valence-corrected chi connectivity index (χ4v) is 2.23. The maximum Gasteiger partial charge on any atom is 0.407 e. The van der Waals surface area contributed by atoms with Crippen LogP contribution in [0.2, 0.25) is 0 Å². The third kappa shape index (κ3) is 6.91. The minimum Gasteiger partial charge on any atom is -0.444 e. The molecule has 0 fully saturated rings. The Morgan fingerprint density at radius 2 is 1.80 bits per heavy atom. The summed E-state index contributed by atoms with van der Waals surface area (Å²) >= 11 is 0. The van der Waals surface area contributed by atoms with Crippen molar-refractivity contribution in [2.45, 2.75) is 40.2 Å². The molecule has 140 valence electrons. The first kappa shape index (κ1) is 20.6. The van der Waals surface area contributed by atoms with Crippen molar-refractivity contribution in [1.29, 1.82) is 0 Å². The average Bonchev–Trinajstić information content (AvgIpc) is 2.52. The van der Waals surface area contributed by atoms with Crippen LogP contribution < -0.4 is 16.4 Å². The van der Waals surface area contributed by atoms with E-state index in [0.717, 1.165) is 5.69 Å². The fraction of sp³-hybridized carbons (Fsp3) is 0.556. The van der Waals surface area contributed by atoms with Gasteiger partial charge in [-0.25, -0.2) is 4.79 Å². The van der Waals surface area contributed by atoms with Gasteiger partial charge in [-0.05, 0) is 52.8 Å². The van der Waals surface area contributed by atoms with E-state index < -0.39 is 11.7 Å². The summed E-state index contributed by atoms with van der Waals surface area (Å²) in [6.07, 6.45) is -0.456. The molecule has 2 amide bonds. The van der Waals surface area contributed by atoms with Gasteiger partial charge in [-0.3, -0.25) is 4.79 Å². The zero-order valence-electron chi connectivity index (χ0n) is 15.8. The zero-order chi connectivity index (χ0) is 19.0. The Morgan fingerprint density at radius 3 is 2.32 bits per heavy atom. The highest BCUT2D eigenvalue weighted by molar-refractivity contribution is 5.96. The van der Waals surface area contributed by atoms with E-state index in [1.165, 1.54) is 0 Å². The smallest absolute Gasteiger partial charge is 0.407 e. The molecule has 0 aliphatic carbocycles. The van der Waals surface area contributed by atoms with Gasteiger partial charge >= 0.3 is 6.09 Å². The lowest BCUT2D eigenvalue weighted by atomic mass is 10.1. The Bertz CT molecular complexity index is 592. The number of nitrogens with zero attached hydrogens (tertiary/aromatic N) is 1. The van der Waals surface area contributed by atoms with Crippen LogP contribution in [-0.2, 0) is 4.74 Å². The lowest BCUT2D eigenvalue weighted by molar-refractivity contribution is 0.0529. The molecule has 0 atom stereocenters. The van der Waals surface area contributed by atoms with Gasteiger partial charge in [-0.15, -0.1) is 0 Å². The number of alkyl carbamates (subject to hydrolysis) is 1. The third-order valence-electron chi connectivity index (χ3n) is 3.46. The molecule has 0 unspecified atom stereocenters. The monoisotopic (exact) mass is 350 g/mol. The molecule has 7 nitrogen and oxygen atoms in total. The number of carbonyl (C=O) groups excluding carboxylic acids is 2. The highest BCUT2D eigenvalue weighted by Gasteiger charge is 2.16. The quantitative estimate of drug-likeness (QED) is 0.519. The Morgan fingerprint density at radius 1 is 1.16 bits per heavy atom. The summed E-state index contributed by atoms with van der Waals surface area (Å²) < 4.78 is 5.15. The summed E-state index contributed by atoms with van der Waals surface area (Å²) in [5.41, 5.74) is 7.29. The van der Waals surface area contributed by atoms with Gasteiger partial charge in [0, 0.05) is 31.7 Å². The van der Waals surface area contributed by atoms with Crippen LogP contribution in [0.15, 0.2) is 18.2 Å². The van der Waals surface area contributed by atoms with Gasteiger partial charge in [0.2, 0.25) is 0 Å². The molecule has 1 rings (SSSR count). The normalized spacial score (nSPS) is 10.9. The van der Waals surface area contributed by atoms with E-state index in [4.69, 9.17) is 10.5 Å². The summed E-state index contributed by atoms with van der Waals surface area (Å²) in [7, 11) is 0. The van der Waals surface area contributed by atoms with Crippen molar-refractivity contribution in [2.75, 3.05) is 37.2 Å². The number of hydrogen-bond acceptors (Lipinski definition) is 5. The molecule has 0 aliphatic rings. The second-order valence-electron chi connectivity index (χ2n) is 6.63. The van der Waals surface area contributed by atoms with Gasteiger partial charge in [0.05, 0.1) is 11.4 Å². The maximum absolute atomic E-state index is 12.3. The first-order chi connectivity index (χ1) is 11.7. The van der Waals surface area contributed by atoms with Gasteiger partial charge in [0.15, 0.2) is 0 Å². The van der Waals surface area contributed by atoms with Crippen LogP contribution >= 0.6 is 0 Å². The van der Waals surface area contributed by atoms with E-state index in [1.807, 2.05) is 34.6 Å². The van der Waals surface area contributed by atoms with E-state index >= 15 is 0 Å². The predicted octanol–water partition coefficient (Wildman–Crippen LogP) is 2.69. The standard InChI is InChI=1S/C18H30N4O3/c1-6-22(7-2)16(23)13-8-9-15(14(19)12-13)20-10-11-21-17(24)25-18(3,4)5/h8-9,12,20H,6-7,10-11,19H2,1-5H3,(H,21,24). The third-order valence-corrected chi connectivity index (χ3v) is 3.46. The molecule has 0 saturated carbocycles. The molecule has 0 radical (unpaired) electrons. The molecule has 0 spiro atoms. The molecule has 4 N–H and O–H groups in total. The van der Waals surface area contributed by atoms with Gasteiger partial charge in [0.25, 0.3) is 5.91 Å². The van der Waals surface area contributed by atoms with Crippen LogP contribution in [0.5, 0.6) is 0 Å². The molecule has 0 heterocycles. The predicted molar refractivity (Wildman–Crippen MR) is 101 cm³/mol. The molecular weight excluding hydrogens is 320 g/mol. The van der Waals surface area contributed by atoms with Crippen LogP contribution in [0.25, 0.3) is 0 Å². The topological polar surface area (TPSA) is 96.7 Å². The largest absolute Gasteiger partial charge is 0.444 e. The summed E-state index contributed by atoms with van der Waals surface area (Å²) in [5, 5.41) is 5.80. The highest BCUT2D eigenvalue weighted by atomic mass is 16.6. The first-order valence-corrected chi connectivity index (χ1v) is 8.57. The molecule has 0 saturated heterocycles. The second-order valence-corrected chi connectivity index (χ2v) is 6.63. The fourth-order valence-electron chi connectivity index (χ4n) is 2.23. The van der Waals surface area contributed by atoms with Crippen molar-refractivity contribution >= 4 is 23.4 Å². The number of nitrogens with one attached hydrogen (secondary N) is 2. The Labute approximate surface area is 149 Å². The van der Waals surface area contributed by atoms with Crippen molar-refractivity contribution in [2.24, 2.45) is 0 Å². The molecule has 0 aliphatic heterocycles. The lowest BCUT2D eigenvalue weighted by Gasteiger charge is -2.20. The van der Waals surface area contributed by atoms with Crippen molar-refractivity contribution in [1.82, 2.24) is 10.2 Å². The summed E-state index contributed by atoms with van der Waals surface area (Å²) in [6.45, 7) is 11.5. The molecular formula is C18H30N4O3. The molecule has 0 bridgehead atoms. The van der Waals surface area contributed by atoms with Crippen LogP contribution in [0.1, 0.15) is 45.0 Å². The van der Waals surface area contributed by atoms with E-state index in [2.05, 4.69) is 10.6 Å². The highest BCUT2D eigenvalue weighted by Crippen LogP contribution is 2.20. The van der Waals surface area contributed by atoms with Gasteiger partial charge in [-0.2, -0.15) is 0 Å². The number of rotatable bonds is 7. The number of amides is 2. The summed E-state index contributed by atoms with van der Waals surface area (Å²) in [4.78, 5) is 25.6. The van der Waals surface area contributed by atoms with E-state index in [0.29, 0.717) is 37.4 Å². The second kappa shape index (κ2) is 9.15. The zero-order valence-corrected chi connectivity index (χ0v) is 15.8. The Balaban J connectivity index is 2.53. The lowest BCUT2D eigenvalue weighted by Crippen LogP contribution is -2.35. The number of carbonyl (C=O) groups is 2. The van der Waals surface area contributed by atoms with E-state index in [1.54, 1.807) is 23.1 Å². The number of hydrogen-bond donors (Lipinski definition) is 3. The van der Waals surface area contributed by atoms with Gasteiger partial charge < -0.3 is 26.0 Å². The van der Waals surface area contributed by atoms with Crippen LogP contribution in [-0.4, -0.2) is 48.7 Å². The van der Waals surface area contributed by atoms with Crippen molar-refractivity contribution in [3.8, 4) is 0 Å². The summed E-state index contributed by atoms with van der Waals surface area (Å²) in [5.74, 6) is -0.0326. The van der Waals surface area contributed by atoms with Gasteiger partial charge in [-0.1, -0.05) is 0 Å². The van der Waals surface area contributed by atoms with Crippen LogP contribution in [0, 0.1) is 0 Å². The van der Waals surface area contributed by atoms with E-state index in [-0.39, 0.29) is 5.91 Å². The van der Waals surface area contributed by atoms with Crippen molar-refractivity contribution in [3.63, 3.8) is 0 Å². The Kier molecular flexibility index (Phi) is 7.54. The van der Waals surface area contributed by atoms with Crippen molar-refractivity contribution < 1.29 is 14.3 Å². The SMILES string of the molecule is CCN(CC)C(=O)c1ccc(NCCNC(=O)OC(C)(C)C)c(N)c1. The number of anilines is 2. The molecule has 1 aromatic rings. The average molecular weight is 350 g/mol. The Hall–Kier alpha value is -2.44.